The minimum absolute atomic E-state index is 0.342. The van der Waals surface area contributed by atoms with Crippen LogP contribution in [0.15, 0.2) is 24.3 Å². The highest BCUT2D eigenvalue weighted by Gasteiger charge is 2.42. The molecule has 1 aliphatic carbocycles. The largest absolute Gasteiger partial charge is 0.310 e. The van der Waals surface area contributed by atoms with E-state index in [0.29, 0.717) is 11.5 Å². The molecule has 2 aliphatic rings. The van der Waals surface area contributed by atoms with Crippen molar-refractivity contribution in [1.82, 2.24) is 10.2 Å². The fraction of sp³-hybridized carbons (Fsp3) is 0.684. The molecule has 1 atom stereocenters. The predicted octanol–water partition coefficient (Wildman–Crippen LogP) is 3.77. The Bertz CT molecular complexity index is 461. The molecule has 1 N–H and O–H groups in total. The molecule has 1 saturated carbocycles. The Morgan fingerprint density at radius 3 is 2.57 bits per heavy atom. The summed E-state index contributed by atoms with van der Waals surface area (Å²) in [7, 11) is 0. The molecule has 0 spiro atoms. The summed E-state index contributed by atoms with van der Waals surface area (Å²) >= 11 is 0. The highest BCUT2D eigenvalue weighted by atomic mass is 15.2. The zero-order valence-corrected chi connectivity index (χ0v) is 13.9. The van der Waals surface area contributed by atoms with Gasteiger partial charge in [-0.1, -0.05) is 38.1 Å². The first kappa shape index (κ1) is 15.1. The van der Waals surface area contributed by atoms with E-state index >= 15 is 0 Å². The van der Waals surface area contributed by atoms with Crippen LogP contribution in [0, 0.1) is 5.92 Å². The Labute approximate surface area is 129 Å². The van der Waals surface area contributed by atoms with Crippen molar-refractivity contribution in [3.05, 3.63) is 35.4 Å². The highest BCUT2D eigenvalue weighted by molar-refractivity contribution is 5.24. The first-order chi connectivity index (χ1) is 10.1. The van der Waals surface area contributed by atoms with Gasteiger partial charge in [0.05, 0.1) is 0 Å². The summed E-state index contributed by atoms with van der Waals surface area (Å²) in [6.07, 6.45) is 4.10. The maximum absolute atomic E-state index is 3.82. The van der Waals surface area contributed by atoms with Crippen LogP contribution in [0.5, 0.6) is 0 Å². The second-order valence-electron chi connectivity index (χ2n) is 7.58. The Morgan fingerprint density at radius 2 is 1.95 bits per heavy atom. The summed E-state index contributed by atoms with van der Waals surface area (Å²) < 4.78 is 0. The normalized spacial score (nSPS) is 27.8. The number of hydrogen-bond donors (Lipinski definition) is 1. The van der Waals surface area contributed by atoms with Crippen molar-refractivity contribution in [1.29, 1.82) is 0 Å². The Kier molecular flexibility index (Phi) is 4.37. The fourth-order valence-corrected chi connectivity index (χ4v) is 3.67. The maximum Gasteiger partial charge on any atom is 0.0308 e. The van der Waals surface area contributed by atoms with Crippen LogP contribution in [0.4, 0.5) is 0 Å². The monoisotopic (exact) mass is 286 g/mol. The van der Waals surface area contributed by atoms with Crippen molar-refractivity contribution in [3.8, 4) is 0 Å². The summed E-state index contributed by atoms with van der Waals surface area (Å²) in [5, 5.41) is 3.82. The number of hydrogen-bond acceptors (Lipinski definition) is 2. The molecule has 21 heavy (non-hydrogen) atoms. The molecular weight excluding hydrogens is 256 g/mol. The molecule has 1 unspecified atom stereocenters. The van der Waals surface area contributed by atoms with E-state index in [9.17, 15) is 0 Å². The molecule has 2 fully saturated rings. The summed E-state index contributed by atoms with van der Waals surface area (Å²) in [6.45, 7) is 11.7. The number of nitrogens with zero attached hydrogens (tertiary/aromatic N) is 1. The summed E-state index contributed by atoms with van der Waals surface area (Å²) in [5.74, 6) is 1.53. The van der Waals surface area contributed by atoms with Crippen LogP contribution in [0.25, 0.3) is 0 Å². The highest BCUT2D eigenvalue weighted by Crippen LogP contribution is 2.40. The minimum Gasteiger partial charge on any atom is -0.310 e. The fourth-order valence-electron chi connectivity index (χ4n) is 3.67. The van der Waals surface area contributed by atoms with Gasteiger partial charge in [0.15, 0.2) is 0 Å². The van der Waals surface area contributed by atoms with Gasteiger partial charge in [-0.3, -0.25) is 4.90 Å². The second-order valence-corrected chi connectivity index (χ2v) is 7.58. The van der Waals surface area contributed by atoms with E-state index in [4.69, 9.17) is 0 Å². The number of benzene rings is 1. The summed E-state index contributed by atoms with van der Waals surface area (Å²) in [5.41, 5.74) is 3.24. The SMILES string of the molecule is CC(C)c1ccc(CN2CCCNC(C)(C3CC3)C2)cc1. The molecule has 1 aromatic carbocycles. The van der Waals surface area contributed by atoms with E-state index in [1.165, 1.54) is 50.0 Å². The van der Waals surface area contributed by atoms with Gasteiger partial charge in [0.1, 0.15) is 0 Å². The third-order valence-electron chi connectivity index (χ3n) is 5.26. The van der Waals surface area contributed by atoms with E-state index in [1.807, 2.05) is 0 Å². The smallest absolute Gasteiger partial charge is 0.0308 e. The van der Waals surface area contributed by atoms with E-state index in [1.54, 1.807) is 0 Å². The predicted molar refractivity (Wildman–Crippen MR) is 89.6 cm³/mol. The first-order valence-electron chi connectivity index (χ1n) is 8.63. The van der Waals surface area contributed by atoms with Gasteiger partial charge in [-0.15, -0.1) is 0 Å². The lowest BCUT2D eigenvalue weighted by atomic mass is 9.95. The standard InChI is InChI=1S/C19H30N2/c1-15(2)17-7-5-16(6-8-17)13-21-12-4-11-20-19(3,14-21)18-9-10-18/h5-8,15,18,20H,4,9-14H2,1-3H3. The zero-order valence-electron chi connectivity index (χ0n) is 13.9. The van der Waals surface area contributed by atoms with Crippen LogP contribution in [0.3, 0.4) is 0 Å². The van der Waals surface area contributed by atoms with Gasteiger partial charge < -0.3 is 5.32 Å². The first-order valence-corrected chi connectivity index (χ1v) is 8.63. The third-order valence-corrected chi connectivity index (χ3v) is 5.26. The van der Waals surface area contributed by atoms with Crippen LogP contribution in [-0.2, 0) is 6.54 Å². The van der Waals surface area contributed by atoms with Crippen molar-refractivity contribution in [3.63, 3.8) is 0 Å². The topological polar surface area (TPSA) is 15.3 Å². The van der Waals surface area contributed by atoms with Gasteiger partial charge in [-0.05, 0) is 62.2 Å². The lowest BCUT2D eigenvalue weighted by Gasteiger charge is -2.34. The van der Waals surface area contributed by atoms with E-state index in [0.717, 1.165) is 12.5 Å². The van der Waals surface area contributed by atoms with Gasteiger partial charge in [-0.25, -0.2) is 0 Å². The van der Waals surface area contributed by atoms with Crippen molar-refractivity contribution >= 4 is 0 Å². The maximum atomic E-state index is 3.82. The summed E-state index contributed by atoms with van der Waals surface area (Å²) in [6, 6.07) is 9.25. The lowest BCUT2D eigenvalue weighted by molar-refractivity contribution is 0.195. The van der Waals surface area contributed by atoms with Gasteiger partial charge in [0.2, 0.25) is 0 Å². The molecule has 1 heterocycles. The van der Waals surface area contributed by atoms with Gasteiger partial charge >= 0.3 is 0 Å². The van der Waals surface area contributed by atoms with E-state index in [-0.39, 0.29) is 0 Å². The van der Waals surface area contributed by atoms with E-state index in [2.05, 4.69) is 55.3 Å². The number of rotatable bonds is 4. The Balaban J connectivity index is 1.65. The average Bonchev–Trinajstić information content (AvgIpc) is 3.28. The summed E-state index contributed by atoms with van der Waals surface area (Å²) in [4.78, 5) is 2.66. The zero-order chi connectivity index (χ0) is 14.9. The van der Waals surface area contributed by atoms with Crippen LogP contribution < -0.4 is 5.32 Å². The van der Waals surface area contributed by atoms with Crippen LogP contribution >= 0.6 is 0 Å². The molecule has 2 nitrogen and oxygen atoms in total. The van der Waals surface area contributed by atoms with Crippen molar-refractivity contribution in [2.24, 2.45) is 5.92 Å². The van der Waals surface area contributed by atoms with Crippen molar-refractivity contribution in [2.45, 2.75) is 58.0 Å². The van der Waals surface area contributed by atoms with Crippen LogP contribution in [0.1, 0.15) is 57.1 Å². The Hall–Kier alpha value is -0.860. The molecule has 0 aromatic heterocycles. The molecule has 116 valence electrons. The third kappa shape index (κ3) is 3.67. The minimum atomic E-state index is 0.342. The molecule has 2 heteroatoms. The lowest BCUT2D eigenvalue weighted by Crippen LogP contribution is -2.50. The van der Waals surface area contributed by atoms with Crippen molar-refractivity contribution < 1.29 is 0 Å². The molecular formula is C19H30N2. The number of nitrogens with one attached hydrogen (secondary N) is 1. The average molecular weight is 286 g/mol. The van der Waals surface area contributed by atoms with E-state index < -0.39 is 0 Å². The molecule has 3 rings (SSSR count). The molecule has 1 aliphatic heterocycles. The van der Waals surface area contributed by atoms with Crippen LogP contribution in [0.2, 0.25) is 0 Å². The molecule has 0 bridgehead atoms. The quantitative estimate of drug-likeness (QED) is 0.906. The second kappa shape index (κ2) is 6.10. The molecule has 1 aromatic rings. The molecule has 0 amide bonds. The van der Waals surface area contributed by atoms with Crippen LogP contribution in [-0.4, -0.2) is 30.1 Å². The van der Waals surface area contributed by atoms with Crippen molar-refractivity contribution in [2.75, 3.05) is 19.6 Å². The van der Waals surface area contributed by atoms with Gasteiger partial charge in [0.25, 0.3) is 0 Å². The molecule has 1 saturated heterocycles. The Morgan fingerprint density at radius 1 is 1.24 bits per heavy atom. The van der Waals surface area contributed by atoms with Gasteiger partial charge in [-0.2, -0.15) is 0 Å². The van der Waals surface area contributed by atoms with Gasteiger partial charge in [0, 0.05) is 18.6 Å². The molecule has 0 radical (unpaired) electrons.